The Bertz CT molecular complexity index is 331. The predicted octanol–water partition coefficient (Wildman–Crippen LogP) is 3.20. The van der Waals surface area contributed by atoms with E-state index in [9.17, 15) is 18.0 Å². The van der Waals surface area contributed by atoms with Crippen molar-refractivity contribution in [3.05, 3.63) is 0 Å². The number of amides is 1. The maximum atomic E-state index is 12.3. The summed E-state index contributed by atoms with van der Waals surface area (Å²) in [5, 5.41) is 2.57. The van der Waals surface area contributed by atoms with Crippen molar-refractivity contribution in [2.24, 2.45) is 11.8 Å². The molecular weight excluding hydrogens is 281 g/mol. The molecule has 124 valence electrons. The number of alkyl halides is 3. The molecule has 21 heavy (non-hydrogen) atoms. The molecule has 3 nitrogen and oxygen atoms in total. The van der Waals surface area contributed by atoms with E-state index in [4.69, 9.17) is 0 Å². The molecule has 1 aliphatic rings. The molecule has 0 spiro atoms. The molecule has 0 saturated carbocycles. The maximum absolute atomic E-state index is 12.3. The second-order valence-electron chi connectivity index (χ2n) is 6.48. The van der Waals surface area contributed by atoms with Crippen molar-refractivity contribution in [3.8, 4) is 0 Å². The van der Waals surface area contributed by atoms with Gasteiger partial charge in [0, 0.05) is 25.6 Å². The molecule has 0 aromatic rings. The van der Waals surface area contributed by atoms with E-state index >= 15 is 0 Å². The lowest BCUT2D eigenvalue weighted by Crippen LogP contribution is -2.52. The Morgan fingerprint density at radius 2 is 2.00 bits per heavy atom. The maximum Gasteiger partial charge on any atom is 0.401 e. The van der Waals surface area contributed by atoms with E-state index in [0.29, 0.717) is 25.4 Å². The van der Waals surface area contributed by atoms with Crippen LogP contribution in [0.2, 0.25) is 0 Å². The first-order valence-electron chi connectivity index (χ1n) is 7.79. The third-order valence-corrected chi connectivity index (χ3v) is 3.76. The van der Waals surface area contributed by atoms with Gasteiger partial charge in [0.15, 0.2) is 0 Å². The van der Waals surface area contributed by atoms with Gasteiger partial charge in [0.25, 0.3) is 0 Å². The molecule has 1 N–H and O–H groups in total. The number of piperidine rings is 1. The number of nitrogens with zero attached hydrogens (tertiary/aromatic N) is 1. The average molecular weight is 308 g/mol. The summed E-state index contributed by atoms with van der Waals surface area (Å²) in [5.41, 5.74) is 0. The molecule has 2 atom stereocenters. The highest BCUT2D eigenvalue weighted by molar-refractivity contribution is 5.76. The Kier molecular flexibility index (Phi) is 6.97. The summed E-state index contributed by atoms with van der Waals surface area (Å²) >= 11 is 0. The zero-order chi connectivity index (χ0) is 16.0. The van der Waals surface area contributed by atoms with Gasteiger partial charge < -0.3 is 10.2 Å². The lowest BCUT2D eigenvalue weighted by Gasteiger charge is -2.38. The van der Waals surface area contributed by atoms with Crippen LogP contribution in [0, 0.1) is 11.8 Å². The van der Waals surface area contributed by atoms with Gasteiger partial charge in [-0.3, -0.25) is 4.79 Å². The van der Waals surface area contributed by atoms with Crippen LogP contribution in [0.1, 0.15) is 46.5 Å². The van der Waals surface area contributed by atoms with Crippen molar-refractivity contribution in [2.75, 3.05) is 19.6 Å². The average Bonchev–Trinajstić information content (AvgIpc) is 2.35. The number of likely N-dealkylation sites (tertiary alicyclic amines) is 1. The summed E-state index contributed by atoms with van der Waals surface area (Å²) in [5.74, 6) is 0.626. The van der Waals surface area contributed by atoms with Gasteiger partial charge in [-0.05, 0) is 24.7 Å². The summed E-state index contributed by atoms with van der Waals surface area (Å²) in [4.78, 5) is 13.9. The highest BCUT2D eigenvalue weighted by Crippen LogP contribution is 2.23. The minimum absolute atomic E-state index is 0.0598. The van der Waals surface area contributed by atoms with Gasteiger partial charge in [0.2, 0.25) is 5.91 Å². The number of nitrogens with one attached hydrogen (secondary N) is 1. The normalized spacial score (nSPS) is 23.7. The molecular formula is C15H27F3N2O. The van der Waals surface area contributed by atoms with Crippen molar-refractivity contribution in [2.45, 2.75) is 58.7 Å². The van der Waals surface area contributed by atoms with Crippen molar-refractivity contribution in [3.63, 3.8) is 0 Å². The minimum atomic E-state index is -4.20. The van der Waals surface area contributed by atoms with Crippen LogP contribution >= 0.6 is 0 Å². The third-order valence-electron chi connectivity index (χ3n) is 3.76. The molecule has 2 unspecified atom stereocenters. The van der Waals surface area contributed by atoms with Gasteiger partial charge >= 0.3 is 6.18 Å². The highest BCUT2D eigenvalue weighted by atomic mass is 19.4. The van der Waals surface area contributed by atoms with Gasteiger partial charge in [-0.25, -0.2) is 0 Å². The molecule has 6 heteroatoms. The molecule has 0 aromatic carbocycles. The monoisotopic (exact) mass is 308 g/mol. The van der Waals surface area contributed by atoms with Crippen molar-refractivity contribution >= 4 is 5.91 Å². The Morgan fingerprint density at radius 3 is 2.52 bits per heavy atom. The van der Waals surface area contributed by atoms with Crippen LogP contribution in [0.15, 0.2) is 0 Å². The number of carbonyl (C=O) groups excluding carboxylic acids is 1. The number of halogens is 3. The van der Waals surface area contributed by atoms with Crippen molar-refractivity contribution in [1.82, 2.24) is 10.2 Å². The van der Waals surface area contributed by atoms with Gasteiger partial charge in [0.1, 0.15) is 0 Å². The van der Waals surface area contributed by atoms with E-state index in [-0.39, 0.29) is 17.9 Å². The highest BCUT2D eigenvalue weighted by Gasteiger charge is 2.33. The second-order valence-corrected chi connectivity index (χ2v) is 6.48. The first-order valence-corrected chi connectivity index (χ1v) is 7.79. The minimum Gasteiger partial charge on any atom is -0.341 e. The molecule has 1 rings (SSSR count). The summed E-state index contributed by atoms with van der Waals surface area (Å²) in [6.07, 6.45) is -1.08. The summed E-state index contributed by atoms with van der Waals surface area (Å²) in [6, 6.07) is -0.256. The first kappa shape index (κ1) is 18.3. The fraction of sp³-hybridized carbons (Fsp3) is 0.933. The van der Waals surface area contributed by atoms with Gasteiger partial charge in [-0.2, -0.15) is 13.2 Å². The lowest BCUT2D eigenvalue weighted by molar-refractivity contribution is -0.136. The van der Waals surface area contributed by atoms with E-state index < -0.39 is 12.7 Å². The Balaban J connectivity index is 2.61. The predicted molar refractivity (Wildman–Crippen MR) is 76.9 cm³/mol. The Morgan fingerprint density at radius 1 is 1.33 bits per heavy atom. The number of rotatable bonds is 6. The Hall–Kier alpha value is -0.780. The van der Waals surface area contributed by atoms with E-state index in [1.165, 1.54) is 0 Å². The second kappa shape index (κ2) is 8.01. The number of carbonyl (C=O) groups is 1. The lowest BCUT2D eigenvalue weighted by atomic mass is 9.90. The third kappa shape index (κ3) is 7.16. The van der Waals surface area contributed by atoms with Gasteiger partial charge in [0.05, 0.1) is 6.54 Å². The van der Waals surface area contributed by atoms with Gasteiger partial charge in [-0.15, -0.1) is 0 Å². The van der Waals surface area contributed by atoms with Crippen LogP contribution in [-0.2, 0) is 4.79 Å². The standard InChI is InChI=1S/C15H27F3N2O/c1-4-5-12-7-13(19-10-15(16,17)18)9-20(8-12)14(21)6-11(2)3/h11-13,19H,4-10H2,1-3H3. The van der Waals surface area contributed by atoms with E-state index in [1.807, 2.05) is 13.8 Å². The molecule has 1 aliphatic heterocycles. The van der Waals surface area contributed by atoms with Crippen LogP contribution < -0.4 is 5.32 Å². The largest absolute Gasteiger partial charge is 0.401 e. The fourth-order valence-electron chi connectivity index (χ4n) is 2.91. The molecule has 1 fully saturated rings. The van der Waals surface area contributed by atoms with Crippen LogP contribution in [0.5, 0.6) is 0 Å². The SMILES string of the molecule is CCCC1CC(NCC(F)(F)F)CN(C(=O)CC(C)C)C1. The van der Waals surface area contributed by atoms with Crippen molar-refractivity contribution < 1.29 is 18.0 Å². The van der Waals surface area contributed by atoms with Crippen molar-refractivity contribution in [1.29, 1.82) is 0 Å². The quantitative estimate of drug-likeness (QED) is 0.817. The van der Waals surface area contributed by atoms with Crippen LogP contribution in [0.4, 0.5) is 13.2 Å². The summed E-state index contributed by atoms with van der Waals surface area (Å²) in [7, 11) is 0. The zero-order valence-electron chi connectivity index (χ0n) is 13.2. The van der Waals surface area contributed by atoms with Crippen LogP contribution in [-0.4, -0.2) is 42.7 Å². The number of hydrogen-bond donors (Lipinski definition) is 1. The van der Waals surface area contributed by atoms with E-state index in [0.717, 1.165) is 19.3 Å². The Labute approximate surface area is 125 Å². The molecule has 0 aromatic heterocycles. The summed E-state index contributed by atoms with van der Waals surface area (Å²) in [6.45, 7) is 6.11. The molecule has 1 amide bonds. The first-order chi connectivity index (χ1) is 9.71. The topological polar surface area (TPSA) is 32.3 Å². The molecule has 0 bridgehead atoms. The van der Waals surface area contributed by atoms with Crippen LogP contribution in [0.3, 0.4) is 0 Å². The van der Waals surface area contributed by atoms with Crippen LogP contribution in [0.25, 0.3) is 0 Å². The molecule has 0 radical (unpaired) electrons. The fourth-order valence-corrected chi connectivity index (χ4v) is 2.91. The van der Waals surface area contributed by atoms with E-state index in [1.54, 1.807) is 4.90 Å². The van der Waals surface area contributed by atoms with Gasteiger partial charge in [-0.1, -0.05) is 27.2 Å². The number of hydrogen-bond acceptors (Lipinski definition) is 2. The zero-order valence-corrected chi connectivity index (χ0v) is 13.2. The van der Waals surface area contributed by atoms with E-state index in [2.05, 4.69) is 12.2 Å². The molecule has 1 saturated heterocycles. The molecule has 0 aliphatic carbocycles. The summed E-state index contributed by atoms with van der Waals surface area (Å²) < 4.78 is 37.0. The smallest absolute Gasteiger partial charge is 0.341 e. The molecule has 1 heterocycles.